The number of hydrogen-bond acceptors (Lipinski definition) is 9. The summed E-state index contributed by atoms with van der Waals surface area (Å²) in [5.74, 6) is 0.573. The molecule has 11 nitrogen and oxygen atoms in total. The minimum Gasteiger partial charge on any atom is -0.490 e. The second-order valence-electron chi connectivity index (χ2n) is 7.96. The van der Waals surface area contributed by atoms with Crippen LogP contribution in [0.1, 0.15) is 19.8 Å². The third kappa shape index (κ3) is 5.46. The van der Waals surface area contributed by atoms with Crippen molar-refractivity contribution in [1.29, 1.82) is 0 Å². The minimum absolute atomic E-state index is 0.155. The number of amides is 1. The second-order valence-corrected chi connectivity index (χ2v) is 9.92. The lowest BCUT2D eigenvalue weighted by Gasteiger charge is -2.31. The Balaban J connectivity index is 1.73. The molecule has 0 atom stereocenters. The molecule has 0 saturated heterocycles. The summed E-state index contributed by atoms with van der Waals surface area (Å²) < 4.78 is 31.9. The van der Waals surface area contributed by atoms with Gasteiger partial charge in [0, 0.05) is 69.2 Å². The molecule has 1 saturated carbocycles. The highest BCUT2D eigenvalue weighted by molar-refractivity contribution is 7.90. The summed E-state index contributed by atoms with van der Waals surface area (Å²) >= 11 is 0. The zero-order chi connectivity index (χ0) is 23.8. The van der Waals surface area contributed by atoms with Crippen LogP contribution >= 0.6 is 0 Å². The molecule has 0 aliphatic heterocycles. The molecule has 4 rings (SSSR count). The van der Waals surface area contributed by atoms with Gasteiger partial charge in [0.2, 0.25) is 5.91 Å². The van der Waals surface area contributed by atoms with Crippen molar-refractivity contribution in [1.82, 2.24) is 19.7 Å². The van der Waals surface area contributed by atoms with Crippen molar-refractivity contribution in [3.05, 3.63) is 36.7 Å². The lowest BCUT2D eigenvalue weighted by Crippen LogP contribution is -2.37. The number of ether oxygens (including phenoxy) is 1. The monoisotopic (exact) mass is 472 g/mol. The first-order valence-corrected chi connectivity index (χ1v) is 12.1. The van der Waals surface area contributed by atoms with E-state index in [9.17, 15) is 18.3 Å². The smallest absolute Gasteiger partial charge is 0.222 e. The first-order valence-electron chi connectivity index (χ1n) is 10.2. The van der Waals surface area contributed by atoms with Crippen molar-refractivity contribution >= 4 is 33.1 Å². The summed E-state index contributed by atoms with van der Waals surface area (Å²) in [4.78, 5) is 20.0. The molecule has 0 radical (unpaired) electrons. The highest BCUT2D eigenvalue weighted by Crippen LogP contribution is 2.33. The number of rotatable bonds is 7. The molecule has 0 aromatic carbocycles. The van der Waals surface area contributed by atoms with Gasteiger partial charge < -0.3 is 20.5 Å². The first-order chi connectivity index (χ1) is 15.6. The van der Waals surface area contributed by atoms with Crippen molar-refractivity contribution in [3.8, 4) is 17.0 Å². The van der Waals surface area contributed by atoms with Gasteiger partial charge in [0.05, 0.1) is 17.5 Å². The van der Waals surface area contributed by atoms with Crippen molar-refractivity contribution in [2.24, 2.45) is 7.05 Å². The lowest BCUT2D eigenvalue weighted by molar-refractivity contribution is -0.114. The van der Waals surface area contributed by atoms with E-state index < -0.39 is 15.9 Å². The topological polar surface area (TPSA) is 148 Å². The van der Waals surface area contributed by atoms with Crippen LogP contribution in [0.15, 0.2) is 41.7 Å². The van der Waals surface area contributed by atoms with Crippen molar-refractivity contribution in [3.63, 3.8) is 0 Å². The number of carbonyl (C=O) groups excluding carboxylic acids is 1. The molecule has 1 fully saturated rings. The summed E-state index contributed by atoms with van der Waals surface area (Å²) in [5, 5.41) is 19.5. The number of aliphatic hydroxyl groups excluding tert-OH is 1. The average Bonchev–Trinajstić information content (AvgIpc) is 3.12. The van der Waals surface area contributed by atoms with E-state index in [-0.39, 0.29) is 22.9 Å². The van der Waals surface area contributed by atoms with E-state index >= 15 is 0 Å². The Morgan fingerprint density at radius 1 is 1.24 bits per heavy atom. The Kier molecular flexibility index (Phi) is 6.04. The molecule has 0 unspecified atom stereocenters. The van der Waals surface area contributed by atoms with Gasteiger partial charge in [-0.3, -0.25) is 9.48 Å². The van der Waals surface area contributed by atoms with Crippen molar-refractivity contribution in [2.45, 2.75) is 37.0 Å². The summed E-state index contributed by atoms with van der Waals surface area (Å²) in [6.07, 6.45) is 4.76. The number of nitrogens with zero attached hydrogens (tertiary/aromatic N) is 4. The van der Waals surface area contributed by atoms with Gasteiger partial charge in [-0.25, -0.2) is 18.4 Å². The quantitative estimate of drug-likeness (QED) is 0.469. The van der Waals surface area contributed by atoms with Crippen LogP contribution in [-0.2, 0) is 21.7 Å². The van der Waals surface area contributed by atoms with Crippen LogP contribution in [0.2, 0.25) is 0 Å². The Bertz CT molecular complexity index is 1300. The summed E-state index contributed by atoms with van der Waals surface area (Å²) in [7, 11) is -1.84. The zero-order valence-corrected chi connectivity index (χ0v) is 19.1. The zero-order valence-electron chi connectivity index (χ0n) is 18.3. The molecule has 33 heavy (non-hydrogen) atoms. The number of nitrogens with one attached hydrogen (secondary N) is 2. The summed E-state index contributed by atoms with van der Waals surface area (Å²) in [5.41, 5.74) is 1.76. The number of sulfone groups is 1. The summed E-state index contributed by atoms with van der Waals surface area (Å²) in [6, 6.07) is 6.36. The van der Waals surface area contributed by atoms with Gasteiger partial charge >= 0.3 is 0 Å². The fraction of sp³-hybridized carbons (Fsp3) is 0.333. The first kappa shape index (κ1) is 22.7. The standard InChI is InChI=1S/C21H24N6O5S/c1-12(28)23-19-10-18(16(11-22-19)17-4-5-27(2)26-17)24-20-8-15(32-14-6-13(29)7-14)9-21(25-20)33(3,30)31/h4-5,8-11,13-14,29H,6-7H2,1-3H3,(H2,22,23,24,25,28)/t13-,14+. The van der Waals surface area contributed by atoms with E-state index in [1.54, 1.807) is 42.3 Å². The normalized spacial score (nSPS) is 17.8. The number of carbonyl (C=O) groups is 1. The van der Waals surface area contributed by atoms with Gasteiger partial charge in [-0.05, 0) is 6.07 Å². The van der Waals surface area contributed by atoms with E-state index in [2.05, 4.69) is 25.7 Å². The van der Waals surface area contributed by atoms with Crippen LogP contribution in [0.3, 0.4) is 0 Å². The molecule has 1 aliphatic rings. The number of aromatic nitrogens is 4. The lowest BCUT2D eigenvalue weighted by atomic mass is 9.92. The van der Waals surface area contributed by atoms with Gasteiger partial charge in [-0.2, -0.15) is 5.10 Å². The fourth-order valence-corrected chi connectivity index (χ4v) is 3.93. The maximum atomic E-state index is 12.2. The van der Waals surface area contributed by atoms with Gasteiger partial charge in [0.15, 0.2) is 14.9 Å². The van der Waals surface area contributed by atoms with Crippen LogP contribution in [0, 0.1) is 0 Å². The SMILES string of the molecule is CC(=O)Nc1cc(Nc2cc(O[C@H]3C[C@@H](O)C3)cc(S(C)(=O)=O)n2)c(-c2ccn(C)n2)cn1. The Morgan fingerprint density at radius 3 is 2.61 bits per heavy atom. The van der Waals surface area contributed by atoms with E-state index in [0.29, 0.717) is 41.4 Å². The molecular formula is C21H24N6O5S. The maximum absolute atomic E-state index is 12.2. The molecule has 3 heterocycles. The molecule has 3 aromatic heterocycles. The molecule has 0 bridgehead atoms. The van der Waals surface area contributed by atoms with Gasteiger partial charge in [-0.15, -0.1) is 0 Å². The van der Waals surface area contributed by atoms with Gasteiger partial charge in [0.25, 0.3) is 0 Å². The number of hydrogen-bond donors (Lipinski definition) is 3. The highest BCUT2D eigenvalue weighted by atomic mass is 32.2. The Hall–Kier alpha value is -3.51. The number of pyridine rings is 2. The largest absolute Gasteiger partial charge is 0.490 e. The number of anilines is 3. The molecule has 3 aromatic rings. The molecule has 1 aliphatic carbocycles. The van der Waals surface area contributed by atoms with E-state index in [0.717, 1.165) is 6.26 Å². The van der Waals surface area contributed by atoms with Crippen LogP contribution in [-0.4, -0.2) is 57.6 Å². The molecular weight excluding hydrogens is 448 g/mol. The fourth-order valence-electron chi connectivity index (χ4n) is 3.34. The van der Waals surface area contributed by atoms with Crippen LogP contribution in [0.25, 0.3) is 11.3 Å². The molecule has 3 N–H and O–H groups in total. The highest BCUT2D eigenvalue weighted by Gasteiger charge is 2.29. The minimum atomic E-state index is -3.62. The predicted molar refractivity (Wildman–Crippen MR) is 121 cm³/mol. The third-order valence-electron chi connectivity index (χ3n) is 4.99. The molecule has 174 valence electrons. The van der Waals surface area contributed by atoms with E-state index in [1.807, 2.05) is 0 Å². The molecule has 1 amide bonds. The summed E-state index contributed by atoms with van der Waals surface area (Å²) in [6.45, 7) is 1.37. The second kappa shape index (κ2) is 8.79. The third-order valence-corrected chi connectivity index (χ3v) is 5.96. The molecule has 0 spiro atoms. The predicted octanol–water partition coefficient (Wildman–Crippen LogP) is 1.88. The van der Waals surface area contributed by atoms with Crippen molar-refractivity contribution < 1.29 is 23.1 Å². The molecule has 12 heteroatoms. The maximum Gasteiger partial charge on any atom is 0.222 e. The van der Waals surface area contributed by atoms with Crippen LogP contribution < -0.4 is 15.4 Å². The van der Waals surface area contributed by atoms with Gasteiger partial charge in [-0.1, -0.05) is 0 Å². The average molecular weight is 473 g/mol. The van der Waals surface area contributed by atoms with Crippen LogP contribution in [0.4, 0.5) is 17.3 Å². The van der Waals surface area contributed by atoms with Crippen LogP contribution in [0.5, 0.6) is 5.75 Å². The Morgan fingerprint density at radius 2 is 2.00 bits per heavy atom. The van der Waals surface area contributed by atoms with E-state index in [1.165, 1.54) is 13.0 Å². The number of aliphatic hydroxyl groups is 1. The van der Waals surface area contributed by atoms with Crippen molar-refractivity contribution in [2.75, 3.05) is 16.9 Å². The van der Waals surface area contributed by atoms with E-state index in [4.69, 9.17) is 4.74 Å². The Labute approximate surface area is 190 Å². The number of aryl methyl sites for hydroxylation is 1. The van der Waals surface area contributed by atoms with Gasteiger partial charge in [0.1, 0.15) is 23.5 Å².